The third-order valence-corrected chi connectivity index (χ3v) is 3.73. The van der Waals surface area contributed by atoms with Gasteiger partial charge in [0.15, 0.2) is 0 Å². The SMILES string of the molecule is C=CCN(C(=O)Cn1ncc2ccccc2c1=O)c1ccccc1. The molecule has 120 valence electrons. The number of carbonyl (C=O) groups is 1. The predicted octanol–water partition coefficient (Wildman–Crippen LogP) is 2.62. The Morgan fingerprint density at radius 3 is 2.58 bits per heavy atom. The first-order chi connectivity index (χ1) is 11.7. The highest BCUT2D eigenvalue weighted by Gasteiger charge is 2.16. The molecule has 24 heavy (non-hydrogen) atoms. The van der Waals surface area contributed by atoms with Crippen molar-refractivity contribution in [2.75, 3.05) is 11.4 Å². The topological polar surface area (TPSA) is 55.2 Å². The Morgan fingerprint density at radius 2 is 1.83 bits per heavy atom. The Kier molecular flexibility index (Phi) is 4.52. The van der Waals surface area contributed by atoms with E-state index in [1.165, 1.54) is 4.68 Å². The van der Waals surface area contributed by atoms with E-state index in [4.69, 9.17) is 0 Å². The van der Waals surface area contributed by atoms with Crippen LogP contribution in [0.25, 0.3) is 10.8 Å². The van der Waals surface area contributed by atoms with Crippen LogP contribution < -0.4 is 10.5 Å². The first kappa shape index (κ1) is 15.7. The molecule has 1 heterocycles. The van der Waals surface area contributed by atoms with E-state index in [1.54, 1.807) is 29.3 Å². The van der Waals surface area contributed by atoms with E-state index in [9.17, 15) is 9.59 Å². The van der Waals surface area contributed by atoms with Gasteiger partial charge in [0, 0.05) is 17.6 Å². The number of para-hydroxylation sites is 1. The molecule has 5 nitrogen and oxygen atoms in total. The van der Waals surface area contributed by atoms with Gasteiger partial charge in [0.05, 0.1) is 11.6 Å². The van der Waals surface area contributed by atoms with E-state index in [0.29, 0.717) is 11.9 Å². The molecule has 0 spiro atoms. The zero-order chi connectivity index (χ0) is 16.9. The van der Waals surface area contributed by atoms with Gasteiger partial charge in [-0.15, -0.1) is 6.58 Å². The van der Waals surface area contributed by atoms with Gasteiger partial charge in [-0.25, -0.2) is 4.68 Å². The number of anilines is 1. The molecule has 0 atom stereocenters. The van der Waals surface area contributed by atoms with Gasteiger partial charge < -0.3 is 4.90 Å². The molecular formula is C19H17N3O2. The lowest BCUT2D eigenvalue weighted by molar-refractivity contribution is -0.119. The van der Waals surface area contributed by atoms with E-state index in [1.807, 2.05) is 42.5 Å². The quantitative estimate of drug-likeness (QED) is 0.679. The molecule has 0 aliphatic heterocycles. The minimum atomic E-state index is -0.270. The highest BCUT2D eigenvalue weighted by Crippen LogP contribution is 2.14. The van der Waals surface area contributed by atoms with Crippen molar-refractivity contribution >= 4 is 22.4 Å². The van der Waals surface area contributed by atoms with Gasteiger partial charge >= 0.3 is 0 Å². The molecule has 0 saturated carbocycles. The summed E-state index contributed by atoms with van der Waals surface area (Å²) in [5.74, 6) is -0.217. The molecule has 5 heteroatoms. The fourth-order valence-electron chi connectivity index (χ4n) is 2.54. The lowest BCUT2D eigenvalue weighted by Gasteiger charge is -2.21. The average molecular weight is 319 g/mol. The lowest BCUT2D eigenvalue weighted by atomic mass is 10.2. The van der Waals surface area contributed by atoms with Crippen LogP contribution in [0.15, 0.2) is 78.2 Å². The Morgan fingerprint density at radius 1 is 1.12 bits per heavy atom. The molecule has 0 aliphatic carbocycles. The maximum absolute atomic E-state index is 12.7. The fraction of sp³-hybridized carbons (Fsp3) is 0.105. The number of amides is 1. The summed E-state index contributed by atoms with van der Waals surface area (Å²) in [6.07, 6.45) is 3.26. The Hall–Kier alpha value is -3.21. The van der Waals surface area contributed by atoms with Gasteiger partial charge in [0.1, 0.15) is 6.54 Å². The minimum absolute atomic E-state index is 0.119. The van der Waals surface area contributed by atoms with Gasteiger partial charge in [-0.05, 0) is 18.2 Å². The number of hydrogen-bond donors (Lipinski definition) is 0. The van der Waals surface area contributed by atoms with Crippen molar-refractivity contribution in [3.05, 3.63) is 83.8 Å². The van der Waals surface area contributed by atoms with Crippen LogP contribution in [0.5, 0.6) is 0 Å². The van der Waals surface area contributed by atoms with Gasteiger partial charge in [-0.1, -0.05) is 42.5 Å². The number of carbonyl (C=O) groups excluding carboxylic acids is 1. The Labute approximate surface area is 139 Å². The molecule has 3 aromatic rings. The molecule has 1 aromatic heterocycles. The molecule has 0 unspecified atom stereocenters. The van der Waals surface area contributed by atoms with Crippen LogP contribution in [0.4, 0.5) is 5.69 Å². The smallest absolute Gasteiger partial charge is 0.275 e. The highest BCUT2D eigenvalue weighted by atomic mass is 16.2. The number of nitrogens with zero attached hydrogens (tertiary/aromatic N) is 3. The van der Waals surface area contributed by atoms with E-state index >= 15 is 0 Å². The fourth-order valence-corrected chi connectivity index (χ4v) is 2.54. The summed E-state index contributed by atoms with van der Waals surface area (Å²) >= 11 is 0. The monoisotopic (exact) mass is 319 g/mol. The van der Waals surface area contributed by atoms with E-state index < -0.39 is 0 Å². The molecule has 3 rings (SSSR count). The van der Waals surface area contributed by atoms with Gasteiger partial charge in [0.2, 0.25) is 5.91 Å². The third-order valence-electron chi connectivity index (χ3n) is 3.73. The average Bonchev–Trinajstić information content (AvgIpc) is 2.63. The maximum atomic E-state index is 12.7. The Bertz CT molecular complexity index is 932. The molecule has 0 saturated heterocycles. The largest absolute Gasteiger partial charge is 0.307 e. The van der Waals surface area contributed by atoms with Crippen LogP contribution in [-0.4, -0.2) is 22.2 Å². The molecule has 0 N–H and O–H groups in total. The van der Waals surface area contributed by atoms with E-state index in [-0.39, 0.29) is 18.0 Å². The highest BCUT2D eigenvalue weighted by molar-refractivity contribution is 5.93. The number of benzene rings is 2. The van der Waals surface area contributed by atoms with Crippen LogP contribution in [0.2, 0.25) is 0 Å². The summed E-state index contributed by atoms with van der Waals surface area (Å²) in [7, 11) is 0. The first-order valence-electron chi connectivity index (χ1n) is 7.62. The van der Waals surface area contributed by atoms with Gasteiger partial charge in [0.25, 0.3) is 5.56 Å². The van der Waals surface area contributed by atoms with Crippen molar-refractivity contribution in [1.82, 2.24) is 9.78 Å². The van der Waals surface area contributed by atoms with Crippen LogP contribution >= 0.6 is 0 Å². The molecular weight excluding hydrogens is 302 g/mol. The summed E-state index contributed by atoms with van der Waals surface area (Å²) < 4.78 is 1.20. The maximum Gasteiger partial charge on any atom is 0.275 e. The second-order valence-electron chi connectivity index (χ2n) is 5.32. The van der Waals surface area contributed by atoms with Crippen LogP contribution in [0.1, 0.15) is 0 Å². The standard InChI is InChI=1S/C19H17N3O2/c1-2-12-21(16-9-4-3-5-10-16)18(23)14-22-19(24)17-11-7-6-8-15(17)13-20-22/h2-11,13H,1,12,14H2. The third kappa shape index (κ3) is 3.10. The summed E-state index contributed by atoms with van der Waals surface area (Å²) in [5.41, 5.74) is 0.490. The number of hydrogen-bond acceptors (Lipinski definition) is 3. The van der Waals surface area contributed by atoms with Crippen LogP contribution in [0.3, 0.4) is 0 Å². The molecule has 1 amide bonds. The zero-order valence-corrected chi connectivity index (χ0v) is 13.1. The van der Waals surface area contributed by atoms with E-state index in [2.05, 4.69) is 11.7 Å². The number of fused-ring (bicyclic) bond motifs is 1. The van der Waals surface area contributed by atoms with Crippen molar-refractivity contribution in [3.8, 4) is 0 Å². The van der Waals surface area contributed by atoms with Gasteiger partial charge in [-0.2, -0.15) is 5.10 Å². The second kappa shape index (κ2) is 6.91. The number of rotatable bonds is 5. The zero-order valence-electron chi connectivity index (χ0n) is 13.1. The summed E-state index contributed by atoms with van der Waals surface area (Å²) in [4.78, 5) is 26.7. The van der Waals surface area contributed by atoms with Crippen molar-refractivity contribution in [3.63, 3.8) is 0 Å². The van der Waals surface area contributed by atoms with Gasteiger partial charge in [-0.3, -0.25) is 9.59 Å². The summed E-state index contributed by atoms with van der Waals surface area (Å²) in [5, 5.41) is 5.43. The molecule has 0 fully saturated rings. The Balaban J connectivity index is 1.92. The summed E-state index contributed by atoms with van der Waals surface area (Å²) in [6.45, 7) is 3.94. The van der Waals surface area contributed by atoms with Crippen molar-refractivity contribution in [2.24, 2.45) is 0 Å². The molecule has 2 aromatic carbocycles. The normalized spacial score (nSPS) is 10.5. The predicted molar refractivity (Wildman–Crippen MR) is 95.0 cm³/mol. The van der Waals surface area contributed by atoms with Crippen LogP contribution in [-0.2, 0) is 11.3 Å². The van der Waals surface area contributed by atoms with Crippen molar-refractivity contribution in [1.29, 1.82) is 0 Å². The second-order valence-corrected chi connectivity index (χ2v) is 5.32. The molecule has 0 radical (unpaired) electrons. The van der Waals surface area contributed by atoms with Crippen molar-refractivity contribution < 1.29 is 4.79 Å². The minimum Gasteiger partial charge on any atom is -0.307 e. The lowest BCUT2D eigenvalue weighted by Crippen LogP contribution is -2.37. The summed E-state index contributed by atoms with van der Waals surface area (Å²) in [6, 6.07) is 16.5. The number of aromatic nitrogens is 2. The first-order valence-corrected chi connectivity index (χ1v) is 7.62. The van der Waals surface area contributed by atoms with Crippen molar-refractivity contribution in [2.45, 2.75) is 6.54 Å². The van der Waals surface area contributed by atoms with Crippen LogP contribution in [0, 0.1) is 0 Å². The molecule has 0 bridgehead atoms. The van der Waals surface area contributed by atoms with E-state index in [0.717, 1.165) is 11.1 Å². The molecule has 0 aliphatic rings.